The fraction of sp³-hybridized carbons (Fsp3) is 0. The molecule has 0 unspecified atom stereocenters. The van der Waals surface area contributed by atoms with E-state index < -0.39 is 8.07 Å². The van der Waals surface area contributed by atoms with E-state index in [-0.39, 0.29) is 0 Å². The van der Waals surface area contributed by atoms with E-state index >= 15 is 0 Å². The Hall–Kier alpha value is -7.14. The molecule has 0 saturated heterocycles. The van der Waals surface area contributed by atoms with Gasteiger partial charge in [0.25, 0.3) is 0 Å². The third kappa shape index (κ3) is 5.67. The first-order valence-electron chi connectivity index (χ1n) is 19.1. The van der Waals surface area contributed by atoms with E-state index in [0.717, 1.165) is 55.6 Å². The van der Waals surface area contributed by atoms with Gasteiger partial charge in [-0.25, -0.2) is 9.97 Å². The van der Waals surface area contributed by atoms with Crippen LogP contribution in [0.4, 0.5) is 0 Å². The van der Waals surface area contributed by atoms with Gasteiger partial charge in [0.05, 0.1) is 16.6 Å². The molecule has 0 N–H and O–H groups in total. The molecule has 10 aromatic rings. The lowest BCUT2D eigenvalue weighted by molar-refractivity contribution is 1.11. The average Bonchev–Trinajstić information content (AvgIpc) is 3.62. The van der Waals surface area contributed by atoms with E-state index in [4.69, 9.17) is 9.97 Å². The van der Waals surface area contributed by atoms with Gasteiger partial charge in [0, 0.05) is 22.2 Å². The number of aromatic nitrogens is 3. The summed E-state index contributed by atoms with van der Waals surface area (Å²) in [5, 5.41) is 7.57. The maximum Gasteiger partial charge on any atom is 0.179 e. The Labute approximate surface area is 327 Å². The number of fused-ring (bicyclic) bond motifs is 3. The van der Waals surface area contributed by atoms with Crippen molar-refractivity contribution in [3.05, 3.63) is 224 Å². The Morgan fingerprint density at radius 1 is 0.357 bits per heavy atom. The van der Waals surface area contributed by atoms with Crippen molar-refractivity contribution >= 4 is 50.8 Å². The predicted octanol–water partition coefficient (Wildman–Crippen LogP) is 9.95. The summed E-state index contributed by atoms with van der Waals surface area (Å²) >= 11 is 0. The van der Waals surface area contributed by atoms with Crippen LogP contribution < -0.4 is 20.7 Å². The molecule has 0 radical (unpaired) electrons. The Balaban J connectivity index is 1.18. The quantitative estimate of drug-likeness (QED) is 0.115. The highest BCUT2D eigenvalue weighted by Crippen LogP contribution is 2.38. The van der Waals surface area contributed by atoms with Gasteiger partial charge >= 0.3 is 0 Å². The summed E-state index contributed by atoms with van der Waals surface area (Å²) in [6, 6.07) is 80.8. The van der Waals surface area contributed by atoms with E-state index in [2.05, 4.69) is 229 Å². The molecule has 10 rings (SSSR count). The summed E-state index contributed by atoms with van der Waals surface area (Å²) in [6.45, 7) is 0. The first-order valence-corrected chi connectivity index (χ1v) is 21.1. The number of para-hydroxylation sites is 2. The second kappa shape index (κ2) is 14.3. The summed E-state index contributed by atoms with van der Waals surface area (Å²) < 4.78 is 2.27. The molecular formula is C52H37N3Si. The first-order chi connectivity index (χ1) is 27.8. The van der Waals surface area contributed by atoms with Gasteiger partial charge in [-0.2, -0.15) is 0 Å². The summed E-state index contributed by atoms with van der Waals surface area (Å²) in [5.74, 6) is 0.691. The zero-order chi connectivity index (χ0) is 37.3. The fourth-order valence-electron chi connectivity index (χ4n) is 8.46. The van der Waals surface area contributed by atoms with Gasteiger partial charge in [0.15, 0.2) is 13.9 Å². The smallest absolute Gasteiger partial charge is 0.179 e. The molecule has 0 atom stereocenters. The highest BCUT2D eigenvalue weighted by molar-refractivity contribution is 7.19. The van der Waals surface area contributed by atoms with Crippen LogP contribution >= 0.6 is 0 Å². The topological polar surface area (TPSA) is 30.7 Å². The Morgan fingerprint density at radius 2 is 0.821 bits per heavy atom. The molecule has 2 heterocycles. The standard InChI is InChI=1S/C52H37N3Si/c1-6-20-38(21-7-1)50-49-47-34-16-17-35-48(47)55(42-25-8-2-9-26-42)52(49)54-51(53-50)41-24-18-22-39(36-41)40-23-19-33-46(37-40)56(43-27-10-3-11-28-43,44-29-12-4-13-30-44)45-31-14-5-15-32-45/h1-37H. The van der Waals surface area contributed by atoms with Gasteiger partial charge in [0.1, 0.15) is 5.65 Å². The number of nitrogens with zero attached hydrogens (tertiary/aromatic N) is 3. The molecule has 0 saturated carbocycles. The van der Waals surface area contributed by atoms with Crippen LogP contribution in [0.15, 0.2) is 224 Å². The van der Waals surface area contributed by atoms with Crippen LogP contribution in [0.2, 0.25) is 0 Å². The molecule has 264 valence electrons. The van der Waals surface area contributed by atoms with Crippen molar-refractivity contribution in [1.82, 2.24) is 14.5 Å². The van der Waals surface area contributed by atoms with Crippen molar-refractivity contribution < 1.29 is 0 Å². The second-order valence-electron chi connectivity index (χ2n) is 14.2. The van der Waals surface area contributed by atoms with Crippen LogP contribution in [0.25, 0.3) is 61.4 Å². The maximum absolute atomic E-state index is 5.41. The van der Waals surface area contributed by atoms with Crippen molar-refractivity contribution in [2.75, 3.05) is 0 Å². The summed E-state index contributed by atoms with van der Waals surface area (Å²) in [7, 11) is -2.70. The van der Waals surface area contributed by atoms with Gasteiger partial charge < -0.3 is 0 Å². The van der Waals surface area contributed by atoms with Crippen LogP contribution in [0.1, 0.15) is 0 Å². The van der Waals surface area contributed by atoms with Crippen molar-refractivity contribution in [3.8, 4) is 39.5 Å². The number of hydrogen-bond donors (Lipinski definition) is 0. The molecule has 3 nitrogen and oxygen atoms in total. The van der Waals surface area contributed by atoms with Gasteiger partial charge in [-0.1, -0.05) is 200 Å². The summed E-state index contributed by atoms with van der Waals surface area (Å²) in [4.78, 5) is 10.8. The van der Waals surface area contributed by atoms with E-state index in [1.165, 1.54) is 20.7 Å². The van der Waals surface area contributed by atoms with E-state index in [0.29, 0.717) is 5.82 Å². The molecule has 8 aromatic carbocycles. The Bertz CT molecular complexity index is 2850. The number of rotatable bonds is 8. The van der Waals surface area contributed by atoms with Gasteiger partial charge in [-0.3, -0.25) is 4.57 Å². The van der Waals surface area contributed by atoms with Gasteiger partial charge in [-0.05, 0) is 56.1 Å². The van der Waals surface area contributed by atoms with E-state index in [1.807, 2.05) is 0 Å². The number of benzene rings is 8. The van der Waals surface area contributed by atoms with Gasteiger partial charge in [0.2, 0.25) is 0 Å². The lowest BCUT2D eigenvalue weighted by Crippen LogP contribution is -2.74. The zero-order valence-corrected chi connectivity index (χ0v) is 31.7. The first kappa shape index (κ1) is 33.4. The normalized spacial score (nSPS) is 11.6. The summed E-state index contributed by atoms with van der Waals surface area (Å²) in [6.07, 6.45) is 0. The Morgan fingerprint density at radius 3 is 1.45 bits per heavy atom. The third-order valence-corrected chi connectivity index (χ3v) is 15.7. The monoisotopic (exact) mass is 731 g/mol. The molecule has 0 amide bonds. The third-order valence-electron chi connectivity index (χ3n) is 10.9. The minimum absolute atomic E-state index is 0.691. The maximum atomic E-state index is 5.41. The molecule has 0 spiro atoms. The van der Waals surface area contributed by atoms with Crippen LogP contribution in [-0.2, 0) is 0 Å². The minimum atomic E-state index is -2.70. The van der Waals surface area contributed by atoms with Crippen LogP contribution in [0.5, 0.6) is 0 Å². The van der Waals surface area contributed by atoms with E-state index in [9.17, 15) is 0 Å². The number of hydrogen-bond acceptors (Lipinski definition) is 2. The lowest BCUT2D eigenvalue weighted by atomic mass is 10.0. The summed E-state index contributed by atoms with van der Waals surface area (Å²) in [5.41, 5.74) is 8.29. The van der Waals surface area contributed by atoms with E-state index in [1.54, 1.807) is 0 Å². The van der Waals surface area contributed by atoms with Crippen molar-refractivity contribution in [2.24, 2.45) is 0 Å². The average molecular weight is 732 g/mol. The predicted molar refractivity (Wildman–Crippen MR) is 236 cm³/mol. The highest BCUT2D eigenvalue weighted by Gasteiger charge is 2.41. The fourth-order valence-corrected chi connectivity index (χ4v) is 13.3. The van der Waals surface area contributed by atoms with Crippen molar-refractivity contribution in [2.45, 2.75) is 0 Å². The molecule has 0 bridgehead atoms. The largest absolute Gasteiger partial charge is 0.294 e. The Kier molecular flexibility index (Phi) is 8.51. The van der Waals surface area contributed by atoms with Gasteiger partial charge in [-0.15, -0.1) is 0 Å². The molecular weight excluding hydrogens is 695 g/mol. The van der Waals surface area contributed by atoms with Crippen molar-refractivity contribution in [1.29, 1.82) is 0 Å². The van der Waals surface area contributed by atoms with Crippen molar-refractivity contribution in [3.63, 3.8) is 0 Å². The molecule has 0 aliphatic rings. The molecule has 2 aromatic heterocycles. The lowest BCUT2D eigenvalue weighted by Gasteiger charge is -2.34. The molecule has 4 heteroatoms. The SMILES string of the molecule is c1ccc(-c2nc(-c3cccc(-c4cccc([Si](c5ccccc5)(c5ccccc5)c5ccccc5)c4)c3)nc3c2c2ccccc2n3-c2ccccc2)cc1. The van der Waals surface area contributed by atoms with Crippen LogP contribution in [0.3, 0.4) is 0 Å². The minimum Gasteiger partial charge on any atom is -0.294 e. The zero-order valence-electron chi connectivity index (χ0n) is 30.7. The highest BCUT2D eigenvalue weighted by atomic mass is 28.3. The molecule has 56 heavy (non-hydrogen) atoms. The molecule has 0 aliphatic carbocycles. The van der Waals surface area contributed by atoms with Crippen LogP contribution in [0, 0.1) is 0 Å². The second-order valence-corrected chi connectivity index (χ2v) is 18.0. The molecule has 0 fully saturated rings. The molecule has 0 aliphatic heterocycles. The van der Waals surface area contributed by atoms with Crippen LogP contribution in [-0.4, -0.2) is 22.6 Å².